The Labute approximate surface area is 175 Å². The van der Waals surface area contributed by atoms with E-state index in [1.807, 2.05) is 0 Å². The maximum atomic E-state index is 11.0. The lowest BCUT2D eigenvalue weighted by molar-refractivity contribution is -0.136. The van der Waals surface area contributed by atoms with E-state index in [9.17, 15) is 4.79 Å². The average Bonchev–Trinajstić information content (AvgIpc) is 2.67. The van der Waals surface area contributed by atoms with Gasteiger partial charge in [0.1, 0.15) is 5.75 Å². The van der Waals surface area contributed by atoms with Crippen molar-refractivity contribution in [2.45, 2.75) is 20.3 Å². The predicted molar refractivity (Wildman–Crippen MR) is 108 cm³/mol. The molecule has 0 aromatic heterocycles. The highest BCUT2D eigenvalue weighted by atomic mass is 28.3. The molecule has 0 fully saturated rings. The van der Waals surface area contributed by atoms with Gasteiger partial charge in [0.15, 0.2) is 5.76 Å². The molecule has 8 radical (unpaired) electrons. The van der Waals surface area contributed by atoms with Crippen molar-refractivity contribution in [3.8, 4) is 5.75 Å². The normalized spacial score (nSPS) is 10.6. The molecular formula is C17H26O8Si3. The minimum absolute atomic E-state index is 0.0247. The molecule has 1 aromatic rings. The van der Waals surface area contributed by atoms with Crippen molar-refractivity contribution in [1.82, 2.24) is 0 Å². The van der Waals surface area contributed by atoms with E-state index in [2.05, 4.69) is 43.0 Å². The maximum Gasteiger partial charge on any atom is 0.409 e. The Hall–Kier alpha value is -1.64. The molecule has 0 heterocycles. The van der Waals surface area contributed by atoms with Gasteiger partial charge in [-0.05, 0) is 24.5 Å². The standard InChI is InChI=1S/C12H14O5.C5H12O.O2Si3/c1-15-9-7-5-4-6-8(9)10(16-2)11(17-3)12(13)14;1-5(2)3-4-6;3-1-5-2-4/h4-7H,1-3H3,(H,13,14);5-6H,3-4H2,1-2H3;. The molecule has 0 spiro atoms. The SMILES string of the molecule is CC(C)CCO.COC(C(=O)O)=C(OC)c1ccccc1OC.[Si]O[Si]O[Si]. The van der Waals surface area contributed by atoms with Gasteiger partial charge in [-0.15, -0.1) is 0 Å². The molecule has 0 aliphatic heterocycles. The van der Waals surface area contributed by atoms with Crippen molar-refractivity contribution in [3.05, 3.63) is 35.6 Å². The zero-order valence-corrected chi connectivity index (χ0v) is 19.6. The molecule has 2 N–H and O–H groups in total. The van der Waals surface area contributed by atoms with E-state index in [1.165, 1.54) is 21.3 Å². The van der Waals surface area contributed by atoms with Crippen LogP contribution >= 0.6 is 0 Å². The molecule has 0 aliphatic carbocycles. The molecule has 0 atom stereocenters. The summed E-state index contributed by atoms with van der Waals surface area (Å²) in [5.41, 5.74) is 0.525. The summed E-state index contributed by atoms with van der Waals surface area (Å²) in [6.07, 6.45) is 0.931. The third-order valence-electron chi connectivity index (χ3n) is 2.95. The van der Waals surface area contributed by atoms with Crippen LogP contribution in [0.2, 0.25) is 0 Å². The highest BCUT2D eigenvalue weighted by Gasteiger charge is 2.20. The van der Waals surface area contributed by atoms with Crippen molar-refractivity contribution < 1.29 is 37.4 Å². The van der Waals surface area contributed by atoms with Gasteiger partial charge in [0, 0.05) is 6.61 Å². The topological polar surface area (TPSA) is 104 Å². The largest absolute Gasteiger partial charge is 0.496 e. The number of aliphatic hydroxyl groups excluding tert-OH is 1. The summed E-state index contributed by atoms with van der Waals surface area (Å²) in [6, 6.07) is 6.94. The highest BCUT2D eigenvalue weighted by molar-refractivity contribution is 6.33. The Morgan fingerprint density at radius 1 is 1.11 bits per heavy atom. The van der Waals surface area contributed by atoms with E-state index in [4.69, 9.17) is 24.4 Å². The van der Waals surface area contributed by atoms with Crippen molar-refractivity contribution in [2.24, 2.45) is 5.92 Å². The molecular weight excluding hydrogens is 416 g/mol. The second-order valence-electron chi connectivity index (χ2n) is 5.27. The Morgan fingerprint density at radius 3 is 1.96 bits per heavy atom. The fourth-order valence-corrected chi connectivity index (χ4v) is 2.26. The summed E-state index contributed by atoms with van der Waals surface area (Å²) >= 11 is 0. The van der Waals surface area contributed by atoms with Crippen molar-refractivity contribution in [1.29, 1.82) is 0 Å². The Balaban J connectivity index is 0. The fourth-order valence-electron chi connectivity index (χ4n) is 1.71. The maximum absolute atomic E-state index is 11.0. The van der Waals surface area contributed by atoms with Crippen molar-refractivity contribution in [3.63, 3.8) is 0 Å². The molecule has 28 heavy (non-hydrogen) atoms. The lowest BCUT2D eigenvalue weighted by Crippen LogP contribution is -2.08. The molecule has 1 aromatic carbocycles. The minimum Gasteiger partial charge on any atom is -0.496 e. The van der Waals surface area contributed by atoms with Crippen molar-refractivity contribution in [2.75, 3.05) is 27.9 Å². The molecule has 0 bridgehead atoms. The van der Waals surface area contributed by atoms with Gasteiger partial charge in [0.05, 0.1) is 26.9 Å². The zero-order chi connectivity index (χ0) is 21.9. The lowest BCUT2D eigenvalue weighted by atomic mass is 10.1. The number of ether oxygens (including phenoxy) is 3. The number of carbonyl (C=O) groups is 1. The van der Waals surface area contributed by atoms with E-state index in [0.29, 0.717) is 23.8 Å². The van der Waals surface area contributed by atoms with Crippen LogP contribution in [-0.4, -0.2) is 75.1 Å². The number of benzene rings is 1. The first kappa shape index (κ1) is 28.6. The molecule has 0 saturated carbocycles. The summed E-state index contributed by atoms with van der Waals surface area (Å²) < 4.78 is 23.6. The third kappa shape index (κ3) is 12.7. The molecule has 11 heteroatoms. The van der Waals surface area contributed by atoms with Gasteiger partial charge in [-0.3, -0.25) is 0 Å². The smallest absolute Gasteiger partial charge is 0.409 e. The van der Waals surface area contributed by atoms with Crippen LogP contribution < -0.4 is 4.74 Å². The zero-order valence-electron chi connectivity index (χ0n) is 16.6. The van der Waals surface area contributed by atoms with E-state index in [-0.39, 0.29) is 21.5 Å². The van der Waals surface area contributed by atoms with Crippen LogP contribution in [-0.2, 0) is 22.5 Å². The quantitative estimate of drug-likeness (QED) is 0.337. The first-order chi connectivity index (χ1) is 13.3. The van der Waals surface area contributed by atoms with Gasteiger partial charge in [-0.25, -0.2) is 4.79 Å². The van der Waals surface area contributed by atoms with Crippen LogP contribution in [0.5, 0.6) is 5.75 Å². The minimum atomic E-state index is -1.20. The number of rotatable bonds is 9. The first-order valence-electron chi connectivity index (χ1n) is 8.04. The van der Waals surface area contributed by atoms with Gasteiger partial charge < -0.3 is 32.7 Å². The molecule has 1 rings (SSSR count). The summed E-state index contributed by atoms with van der Waals surface area (Å²) in [6.45, 7) is 4.52. The number of aliphatic hydroxyl groups is 1. The third-order valence-corrected chi connectivity index (χ3v) is 3.62. The van der Waals surface area contributed by atoms with Gasteiger partial charge in [0.25, 0.3) is 0 Å². The summed E-state index contributed by atoms with van der Waals surface area (Å²) in [7, 11) is 9.59. The van der Waals surface area contributed by atoms with Crippen LogP contribution in [0.15, 0.2) is 30.0 Å². The first-order valence-corrected chi connectivity index (χ1v) is 9.67. The second kappa shape index (κ2) is 18.7. The van der Waals surface area contributed by atoms with Crippen LogP contribution in [0, 0.1) is 5.92 Å². The Kier molecular flexibility index (Phi) is 19.1. The monoisotopic (exact) mass is 442 g/mol. The highest BCUT2D eigenvalue weighted by Crippen LogP contribution is 2.28. The molecule has 0 unspecified atom stereocenters. The van der Waals surface area contributed by atoms with E-state index in [0.717, 1.165) is 6.42 Å². The lowest BCUT2D eigenvalue weighted by Gasteiger charge is -2.13. The number of hydrogen-bond acceptors (Lipinski definition) is 7. The Morgan fingerprint density at radius 2 is 1.68 bits per heavy atom. The van der Waals surface area contributed by atoms with E-state index >= 15 is 0 Å². The number of aliphatic carboxylic acids is 1. The number of carboxylic acids is 1. The van der Waals surface area contributed by atoms with Gasteiger partial charge in [-0.2, -0.15) is 0 Å². The van der Waals surface area contributed by atoms with Crippen LogP contribution in [0.25, 0.3) is 5.76 Å². The van der Waals surface area contributed by atoms with E-state index < -0.39 is 5.97 Å². The fraction of sp³-hybridized carbons (Fsp3) is 0.471. The molecule has 0 amide bonds. The van der Waals surface area contributed by atoms with Gasteiger partial charge >= 0.3 is 16.0 Å². The molecule has 154 valence electrons. The number of para-hydroxylation sites is 1. The van der Waals surface area contributed by atoms with Gasteiger partial charge in [0.2, 0.25) is 26.7 Å². The predicted octanol–water partition coefficient (Wildman–Crippen LogP) is 1.49. The number of methoxy groups -OCH3 is 3. The van der Waals surface area contributed by atoms with Crippen LogP contribution in [0.1, 0.15) is 25.8 Å². The second-order valence-corrected chi connectivity index (χ2v) is 7.07. The van der Waals surface area contributed by atoms with Gasteiger partial charge in [-0.1, -0.05) is 26.0 Å². The number of carboxylic acid groups (broad SMARTS) is 1. The molecule has 0 aliphatic rings. The van der Waals surface area contributed by atoms with E-state index in [1.54, 1.807) is 24.3 Å². The number of hydrogen-bond donors (Lipinski definition) is 2. The molecule has 8 nitrogen and oxygen atoms in total. The Bertz CT molecular complexity index is 565. The summed E-state index contributed by atoms with van der Waals surface area (Å²) in [4.78, 5) is 11.0. The average molecular weight is 443 g/mol. The summed E-state index contributed by atoms with van der Waals surface area (Å²) in [5, 5.41) is 17.2. The van der Waals surface area contributed by atoms with Crippen LogP contribution in [0.3, 0.4) is 0 Å². The summed E-state index contributed by atoms with van der Waals surface area (Å²) in [5.74, 6) is -0.181. The van der Waals surface area contributed by atoms with Crippen LogP contribution in [0.4, 0.5) is 0 Å². The molecule has 0 saturated heterocycles. The van der Waals surface area contributed by atoms with Crippen molar-refractivity contribution >= 4 is 42.7 Å².